The molecule has 1 heterocycles. The molecule has 0 aliphatic rings. The molecule has 0 spiro atoms. The van der Waals surface area contributed by atoms with Gasteiger partial charge >= 0.3 is 0 Å². The molecule has 1 atom stereocenters. The fourth-order valence-electron chi connectivity index (χ4n) is 2.11. The summed E-state index contributed by atoms with van der Waals surface area (Å²) in [5.41, 5.74) is 5.27. The number of hydrazine groups is 1. The lowest BCUT2D eigenvalue weighted by atomic mass is 10.2. The summed E-state index contributed by atoms with van der Waals surface area (Å²) in [6.07, 6.45) is 1.83. The van der Waals surface area contributed by atoms with Gasteiger partial charge < -0.3 is 0 Å². The Morgan fingerprint density at radius 3 is 2.57 bits per heavy atom. The third-order valence-corrected chi connectivity index (χ3v) is 4.96. The second-order valence-electron chi connectivity index (χ2n) is 5.26. The maximum atomic E-state index is 5.76. The molecular formula is C15H21BrN4S. The highest BCUT2D eigenvalue weighted by Gasteiger charge is 2.20. The number of nitrogens with one attached hydrogen (secondary N) is 1. The number of nitrogens with two attached hydrogens (primary N) is 1. The normalized spacial score (nSPS) is 12.9. The zero-order valence-corrected chi connectivity index (χ0v) is 14.9. The van der Waals surface area contributed by atoms with Crippen LogP contribution in [0, 0.1) is 6.92 Å². The van der Waals surface area contributed by atoms with Crippen molar-refractivity contribution in [2.75, 3.05) is 5.75 Å². The van der Waals surface area contributed by atoms with E-state index in [0.717, 1.165) is 15.9 Å². The molecule has 0 aliphatic carbocycles. The van der Waals surface area contributed by atoms with Crippen LogP contribution in [-0.2, 0) is 0 Å². The Hall–Kier alpha value is -0.820. The molecule has 1 unspecified atom stereocenters. The van der Waals surface area contributed by atoms with Crippen LogP contribution in [0.3, 0.4) is 0 Å². The van der Waals surface area contributed by atoms with E-state index in [4.69, 9.17) is 5.84 Å². The Balaban J connectivity index is 2.13. The number of thioether (sulfide) groups is 1. The first-order valence-corrected chi connectivity index (χ1v) is 8.69. The van der Waals surface area contributed by atoms with Crippen molar-refractivity contribution in [3.05, 3.63) is 46.2 Å². The average Bonchev–Trinajstić information content (AvgIpc) is 2.84. The van der Waals surface area contributed by atoms with E-state index in [-0.39, 0.29) is 6.04 Å². The predicted molar refractivity (Wildman–Crippen MR) is 92.3 cm³/mol. The van der Waals surface area contributed by atoms with Crippen LogP contribution in [0.1, 0.15) is 37.2 Å². The van der Waals surface area contributed by atoms with Gasteiger partial charge in [0.15, 0.2) is 0 Å². The summed E-state index contributed by atoms with van der Waals surface area (Å²) in [6, 6.07) is 8.87. The van der Waals surface area contributed by atoms with Crippen molar-refractivity contribution in [1.29, 1.82) is 0 Å². The van der Waals surface area contributed by atoms with Gasteiger partial charge in [0.05, 0.1) is 22.4 Å². The molecular weight excluding hydrogens is 348 g/mol. The predicted octanol–water partition coefficient (Wildman–Crippen LogP) is 3.83. The molecule has 0 amide bonds. The van der Waals surface area contributed by atoms with Crippen molar-refractivity contribution in [3.63, 3.8) is 0 Å². The Morgan fingerprint density at radius 2 is 2.00 bits per heavy atom. The van der Waals surface area contributed by atoms with Crippen molar-refractivity contribution < 1.29 is 0 Å². The van der Waals surface area contributed by atoms with E-state index in [1.807, 2.05) is 10.9 Å². The van der Waals surface area contributed by atoms with Crippen LogP contribution in [0.5, 0.6) is 0 Å². The second kappa shape index (κ2) is 7.45. The Morgan fingerprint density at radius 1 is 1.33 bits per heavy atom. The molecule has 6 heteroatoms. The van der Waals surface area contributed by atoms with E-state index in [2.05, 4.69) is 71.5 Å². The lowest BCUT2D eigenvalue weighted by molar-refractivity contribution is 0.467. The number of hydrogen-bond acceptors (Lipinski definition) is 4. The highest BCUT2D eigenvalue weighted by Crippen LogP contribution is 2.30. The van der Waals surface area contributed by atoms with E-state index in [0.29, 0.717) is 6.04 Å². The van der Waals surface area contributed by atoms with Gasteiger partial charge in [-0.1, -0.05) is 17.7 Å². The molecule has 0 radical (unpaired) electrons. The minimum atomic E-state index is 0.0376. The zero-order valence-electron chi connectivity index (χ0n) is 12.5. The van der Waals surface area contributed by atoms with Gasteiger partial charge in [-0.25, -0.2) is 0 Å². The molecule has 0 saturated heterocycles. The van der Waals surface area contributed by atoms with Gasteiger partial charge in [0.1, 0.15) is 0 Å². The fraction of sp³-hybridized carbons (Fsp3) is 0.400. The number of aromatic nitrogens is 2. The zero-order chi connectivity index (χ0) is 15.4. The molecule has 0 aliphatic heterocycles. The van der Waals surface area contributed by atoms with E-state index in [1.165, 1.54) is 10.5 Å². The van der Waals surface area contributed by atoms with Gasteiger partial charge in [0, 0.05) is 16.7 Å². The van der Waals surface area contributed by atoms with Gasteiger partial charge in [-0.05, 0) is 48.8 Å². The standard InChI is InChI=1S/C15H21BrN4S/c1-10(2)20-15(13(16)8-18-20)14(19-17)9-21-12-6-4-11(3)5-7-12/h4-8,10,14,19H,9,17H2,1-3H3. The quantitative estimate of drug-likeness (QED) is 0.462. The number of rotatable bonds is 6. The van der Waals surface area contributed by atoms with Crippen molar-refractivity contribution in [3.8, 4) is 0 Å². The molecule has 0 fully saturated rings. The van der Waals surface area contributed by atoms with Gasteiger partial charge in [-0.2, -0.15) is 5.10 Å². The van der Waals surface area contributed by atoms with Gasteiger partial charge in [0.25, 0.3) is 0 Å². The lowest BCUT2D eigenvalue weighted by Gasteiger charge is -2.20. The summed E-state index contributed by atoms with van der Waals surface area (Å²) in [4.78, 5) is 1.24. The Kier molecular flexibility index (Phi) is 5.87. The number of hydrogen-bond donors (Lipinski definition) is 2. The third-order valence-electron chi connectivity index (χ3n) is 3.25. The first kappa shape index (κ1) is 16.5. The Bertz CT molecular complexity index is 580. The van der Waals surface area contributed by atoms with E-state index in [1.54, 1.807) is 11.8 Å². The maximum Gasteiger partial charge on any atom is 0.0734 e. The third kappa shape index (κ3) is 4.10. The number of aryl methyl sites for hydroxylation is 1. The number of nitrogens with zero attached hydrogens (tertiary/aromatic N) is 2. The first-order valence-electron chi connectivity index (χ1n) is 6.91. The summed E-state index contributed by atoms with van der Waals surface area (Å²) >= 11 is 5.36. The molecule has 114 valence electrons. The average molecular weight is 369 g/mol. The molecule has 0 bridgehead atoms. The van der Waals surface area contributed by atoms with Crippen LogP contribution < -0.4 is 11.3 Å². The highest BCUT2D eigenvalue weighted by molar-refractivity contribution is 9.10. The van der Waals surface area contributed by atoms with Gasteiger partial charge in [0.2, 0.25) is 0 Å². The van der Waals surface area contributed by atoms with Gasteiger partial charge in [-0.3, -0.25) is 16.0 Å². The van der Waals surface area contributed by atoms with Crippen LogP contribution in [0.2, 0.25) is 0 Å². The Labute approximate surface area is 138 Å². The van der Waals surface area contributed by atoms with Crippen LogP contribution in [0.25, 0.3) is 0 Å². The number of benzene rings is 1. The molecule has 4 nitrogen and oxygen atoms in total. The molecule has 2 rings (SSSR count). The topological polar surface area (TPSA) is 55.9 Å². The molecule has 1 aromatic heterocycles. The largest absolute Gasteiger partial charge is 0.271 e. The van der Waals surface area contributed by atoms with E-state index in [9.17, 15) is 0 Å². The highest BCUT2D eigenvalue weighted by atomic mass is 79.9. The number of halogens is 1. The SMILES string of the molecule is Cc1ccc(SCC(NN)c2c(Br)cnn2C(C)C)cc1. The minimum Gasteiger partial charge on any atom is -0.271 e. The molecule has 1 aromatic carbocycles. The lowest BCUT2D eigenvalue weighted by Crippen LogP contribution is -2.32. The summed E-state index contributed by atoms with van der Waals surface area (Å²) in [7, 11) is 0. The summed E-state index contributed by atoms with van der Waals surface area (Å²) < 4.78 is 2.99. The fourth-order valence-corrected chi connectivity index (χ4v) is 3.60. The van der Waals surface area contributed by atoms with E-state index >= 15 is 0 Å². The second-order valence-corrected chi connectivity index (χ2v) is 7.21. The van der Waals surface area contributed by atoms with Gasteiger partial charge in [-0.15, -0.1) is 11.8 Å². The molecule has 3 N–H and O–H groups in total. The summed E-state index contributed by atoms with van der Waals surface area (Å²) in [5.74, 6) is 6.61. The van der Waals surface area contributed by atoms with Crippen LogP contribution in [-0.4, -0.2) is 15.5 Å². The van der Waals surface area contributed by atoms with Crippen molar-refractivity contribution in [2.24, 2.45) is 5.84 Å². The summed E-state index contributed by atoms with van der Waals surface area (Å²) in [5, 5.41) is 4.42. The molecule has 2 aromatic rings. The maximum absolute atomic E-state index is 5.76. The minimum absolute atomic E-state index is 0.0376. The molecule has 21 heavy (non-hydrogen) atoms. The first-order chi connectivity index (χ1) is 10.0. The van der Waals surface area contributed by atoms with Crippen molar-refractivity contribution in [1.82, 2.24) is 15.2 Å². The van der Waals surface area contributed by atoms with Crippen LogP contribution in [0.4, 0.5) is 0 Å². The van der Waals surface area contributed by atoms with Crippen LogP contribution >= 0.6 is 27.7 Å². The summed E-state index contributed by atoms with van der Waals surface area (Å²) in [6.45, 7) is 6.32. The molecule has 0 saturated carbocycles. The monoisotopic (exact) mass is 368 g/mol. The van der Waals surface area contributed by atoms with E-state index < -0.39 is 0 Å². The van der Waals surface area contributed by atoms with Crippen LogP contribution in [0.15, 0.2) is 39.8 Å². The van der Waals surface area contributed by atoms with Crippen molar-refractivity contribution >= 4 is 27.7 Å². The van der Waals surface area contributed by atoms with Crippen molar-refractivity contribution in [2.45, 2.75) is 37.8 Å². The smallest absolute Gasteiger partial charge is 0.0734 e.